The van der Waals surface area contributed by atoms with Crippen LogP contribution in [-0.2, 0) is 27.2 Å². The first-order chi connectivity index (χ1) is 10.2. The molecule has 8 heteroatoms. The van der Waals surface area contributed by atoms with Crippen molar-refractivity contribution in [3.05, 3.63) is 0 Å². The van der Waals surface area contributed by atoms with Crippen molar-refractivity contribution < 1.29 is 27.2 Å². The third-order valence-corrected chi connectivity index (χ3v) is 9.38. The monoisotopic (exact) mass is 370 g/mol. The molecule has 0 saturated carbocycles. The highest BCUT2D eigenvalue weighted by molar-refractivity contribution is 7.60. The molecule has 0 N–H and O–H groups in total. The van der Waals surface area contributed by atoms with Gasteiger partial charge in [0.1, 0.15) is 0 Å². The maximum absolute atomic E-state index is 13.5. The van der Waals surface area contributed by atoms with Gasteiger partial charge in [0, 0.05) is 6.42 Å². The van der Waals surface area contributed by atoms with E-state index in [0.29, 0.717) is 0 Å². The maximum atomic E-state index is 13.5. The molecule has 1 aliphatic rings. The van der Waals surface area contributed by atoms with Crippen LogP contribution in [0.4, 0.5) is 0 Å². The van der Waals surface area contributed by atoms with Gasteiger partial charge >= 0.3 is 15.2 Å². The first kappa shape index (κ1) is 21.3. The van der Waals surface area contributed by atoms with Crippen LogP contribution in [0.1, 0.15) is 68.7 Å². The van der Waals surface area contributed by atoms with Crippen molar-refractivity contribution in [3.63, 3.8) is 0 Å². The molecule has 6 nitrogen and oxygen atoms in total. The molecule has 0 amide bonds. The molecule has 1 saturated heterocycles. The third-order valence-electron chi connectivity index (χ3n) is 3.45. The zero-order valence-electron chi connectivity index (χ0n) is 15.8. The molecule has 138 valence electrons. The summed E-state index contributed by atoms with van der Waals surface area (Å²) in [5.74, 6) is 0. The SMILES string of the molecule is CC(C)OP1(=O)OC(C)(P(=O)(OC(C)C)OC(C)C)CC1(C)C. The summed E-state index contributed by atoms with van der Waals surface area (Å²) in [7, 11) is -7.13. The Morgan fingerprint density at radius 3 is 1.74 bits per heavy atom. The number of hydrogen-bond donors (Lipinski definition) is 0. The third kappa shape index (κ3) is 4.48. The van der Waals surface area contributed by atoms with Crippen LogP contribution in [0.3, 0.4) is 0 Å². The summed E-state index contributed by atoms with van der Waals surface area (Å²) in [6.45, 7) is 16.0. The van der Waals surface area contributed by atoms with Crippen molar-refractivity contribution in [1.29, 1.82) is 0 Å². The maximum Gasteiger partial charge on any atom is 0.363 e. The van der Waals surface area contributed by atoms with E-state index in [1.54, 1.807) is 62.3 Å². The Bertz CT molecular complexity index is 500. The molecule has 0 radical (unpaired) electrons. The van der Waals surface area contributed by atoms with Gasteiger partial charge in [-0.2, -0.15) is 0 Å². The fourth-order valence-electron chi connectivity index (χ4n) is 2.71. The van der Waals surface area contributed by atoms with Gasteiger partial charge in [-0.1, -0.05) is 0 Å². The van der Waals surface area contributed by atoms with Crippen LogP contribution in [0.25, 0.3) is 0 Å². The molecule has 0 aromatic heterocycles. The van der Waals surface area contributed by atoms with Gasteiger partial charge < -0.3 is 13.6 Å². The average molecular weight is 370 g/mol. The Morgan fingerprint density at radius 2 is 1.39 bits per heavy atom. The van der Waals surface area contributed by atoms with Gasteiger partial charge in [0.25, 0.3) is 0 Å². The van der Waals surface area contributed by atoms with Gasteiger partial charge in [0.15, 0.2) is 5.34 Å². The molecule has 1 aliphatic heterocycles. The predicted molar refractivity (Wildman–Crippen MR) is 92.1 cm³/mol. The standard InChI is InChI=1S/C15H32O6P2/c1-11(2)18-22(16)14(7,8)10-15(9,21-22)23(17,19-12(3)4)20-13(5)6/h11-13H,10H2,1-9H3. The largest absolute Gasteiger partial charge is 0.363 e. The minimum absolute atomic E-state index is 0.265. The minimum atomic E-state index is -3.67. The Labute approximate surface area is 140 Å². The van der Waals surface area contributed by atoms with E-state index >= 15 is 0 Å². The highest BCUT2D eigenvalue weighted by Crippen LogP contribution is 2.79. The van der Waals surface area contributed by atoms with Gasteiger partial charge in [-0.3, -0.25) is 13.7 Å². The second-order valence-electron chi connectivity index (χ2n) is 7.71. The topological polar surface area (TPSA) is 71.1 Å². The van der Waals surface area contributed by atoms with Gasteiger partial charge in [0.05, 0.1) is 23.5 Å². The lowest BCUT2D eigenvalue weighted by Gasteiger charge is -2.34. The van der Waals surface area contributed by atoms with Crippen molar-refractivity contribution in [1.82, 2.24) is 0 Å². The van der Waals surface area contributed by atoms with Crippen LogP contribution in [-0.4, -0.2) is 28.8 Å². The molecule has 1 fully saturated rings. The smallest absolute Gasteiger partial charge is 0.305 e. The normalized spacial score (nSPS) is 31.5. The van der Waals surface area contributed by atoms with E-state index in [1.807, 2.05) is 0 Å². The second kappa shape index (κ2) is 6.90. The lowest BCUT2D eigenvalue weighted by Crippen LogP contribution is -2.30. The molecule has 0 bridgehead atoms. The average Bonchev–Trinajstić information content (AvgIpc) is 2.40. The summed E-state index contributed by atoms with van der Waals surface area (Å²) in [5.41, 5.74) is 0. The van der Waals surface area contributed by atoms with Crippen LogP contribution in [0.15, 0.2) is 0 Å². The van der Waals surface area contributed by atoms with Crippen molar-refractivity contribution >= 4 is 15.2 Å². The van der Waals surface area contributed by atoms with Crippen molar-refractivity contribution in [3.8, 4) is 0 Å². The van der Waals surface area contributed by atoms with Crippen LogP contribution >= 0.6 is 15.2 Å². The van der Waals surface area contributed by atoms with Gasteiger partial charge in [-0.25, -0.2) is 0 Å². The molecule has 0 aromatic rings. The number of hydrogen-bond acceptors (Lipinski definition) is 6. The molecular formula is C15H32O6P2. The molecule has 0 spiro atoms. The molecule has 0 aliphatic carbocycles. The van der Waals surface area contributed by atoms with E-state index in [9.17, 15) is 9.13 Å². The fraction of sp³-hybridized carbons (Fsp3) is 1.00. The highest BCUT2D eigenvalue weighted by atomic mass is 31.2. The Hall–Kier alpha value is 0.300. The molecule has 1 heterocycles. The van der Waals surface area contributed by atoms with Crippen molar-refractivity contribution in [2.24, 2.45) is 0 Å². The summed E-state index contributed by atoms with van der Waals surface area (Å²) >= 11 is 0. The molecular weight excluding hydrogens is 338 g/mol. The van der Waals surface area contributed by atoms with Crippen LogP contribution in [0.2, 0.25) is 0 Å². The zero-order valence-corrected chi connectivity index (χ0v) is 17.6. The summed E-state index contributed by atoms with van der Waals surface area (Å²) in [4.78, 5) is 0. The fourth-order valence-corrected chi connectivity index (χ4v) is 7.96. The Balaban J connectivity index is 3.27. The van der Waals surface area contributed by atoms with E-state index in [-0.39, 0.29) is 24.7 Å². The Kier molecular flexibility index (Phi) is 6.40. The van der Waals surface area contributed by atoms with E-state index in [1.165, 1.54) is 0 Å². The first-order valence-electron chi connectivity index (χ1n) is 8.13. The molecule has 1 rings (SSSR count). The molecule has 0 aromatic carbocycles. The molecule has 2 unspecified atom stereocenters. The lowest BCUT2D eigenvalue weighted by molar-refractivity contribution is 0.0660. The number of rotatable bonds is 7. The van der Waals surface area contributed by atoms with E-state index < -0.39 is 25.7 Å². The van der Waals surface area contributed by atoms with Gasteiger partial charge in [-0.15, -0.1) is 0 Å². The summed E-state index contributed by atoms with van der Waals surface area (Å²) in [5, 5.41) is -2.09. The van der Waals surface area contributed by atoms with Crippen molar-refractivity contribution in [2.75, 3.05) is 0 Å². The minimum Gasteiger partial charge on any atom is -0.305 e. The summed E-state index contributed by atoms with van der Waals surface area (Å²) in [6.07, 6.45) is -0.622. The lowest BCUT2D eigenvalue weighted by atomic mass is 10.1. The molecule has 23 heavy (non-hydrogen) atoms. The first-order valence-corrected chi connectivity index (χ1v) is 11.2. The van der Waals surface area contributed by atoms with Crippen LogP contribution in [0, 0.1) is 0 Å². The van der Waals surface area contributed by atoms with E-state index in [4.69, 9.17) is 18.1 Å². The van der Waals surface area contributed by atoms with Crippen LogP contribution in [0.5, 0.6) is 0 Å². The van der Waals surface area contributed by atoms with E-state index in [0.717, 1.165) is 0 Å². The second-order valence-corrected chi connectivity index (χ2v) is 12.7. The predicted octanol–water partition coefficient (Wildman–Crippen LogP) is 5.56. The van der Waals surface area contributed by atoms with Gasteiger partial charge in [0.2, 0.25) is 0 Å². The zero-order chi connectivity index (χ0) is 18.3. The quantitative estimate of drug-likeness (QED) is 0.546. The van der Waals surface area contributed by atoms with Crippen molar-refractivity contribution in [2.45, 2.75) is 97.5 Å². The summed E-state index contributed by atoms with van der Waals surface area (Å²) in [6, 6.07) is 0. The Morgan fingerprint density at radius 1 is 0.957 bits per heavy atom. The molecule has 2 atom stereocenters. The summed E-state index contributed by atoms with van der Waals surface area (Å²) < 4.78 is 49.5. The van der Waals surface area contributed by atoms with E-state index in [2.05, 4.69) is 0 Å². The van der Waals surface area contributed by atoms with Crippen LogP contribution < -0.4 is 0 Å². The van der Waals surface area contributed by atoms with Gasteiger partial charge in [-0.05, 0) is 62.3 Å². The highest BCUT2D eigenvalue weighted by Gasteiger charge is 2.66.